The summed E-state index contributed by atoms with van der Waals surface area (Å²) in [6.07, 6.45) is 5.38. The number of rotatable bonds is 8. The van der Waals surface area contributed by atoms with E-state index in [0.717, 1.165) is 40.3 Å². The molecule has 3 aromatic rings. The third kappa shape index (κ3) is 5.78. The van der Waals surface area contributed by atoms with E-state index in [9.17, 15) is 4.79 Å². The topological polar surface area (TPSA) is 51.2 Å². The van der Waals surface area contributed by atoms with E-state index >= 15 is 0 Å². The lowest BCUT2D eigenvalue weighted by Crippen LogP contribution is -2.07. The van der Waals surface area contributed by atoms with E-state index in [2.05, 4.69) is 48.4 Å². The highest BCUT2D eigenvalue weighted by atomic mass is 32.1. The Labute approximate surface area is 176 Å². The zero-order chi connectivity index (χ0) is 20.6. The number of unbranched alkanes of at least 4 members (excludes halogenated alkanes) is 1. The Bertz CT molecular complexity index is 990. The first-order valence-electron chi connectivity index (χ1n) is 9.82. The van der Waals surface area contributed by atoms with Gasteiger partial charge in [0.1, 0.15) is 5.75 Å². The summed E-state index contributed by atoms with van der Waals surface area (Å²) in [6.45, 7) is 6.88. The second-order valence-electron chi connectivity index (χ2n) is 6.85. The number of hydrogen-bond acceptors (Lipinski definition) is 4. The van der Waals surface area contributed by atoms with Crippen molar-refractivity contribution in [2.75, 3.05) is 11.9 Å². The van der Waals surface area contributed by atoms with Gasteiger partial charge in [-0.05, 0) is 32.4 Å². The van der Waals surface area contributed by atoms with E-state index in [1.807, 2.05) is 31.2 Å². The first kappa shape index (κ1) is 20.8. The third-order valence-corrected chi connectivity index (χ3v) is 5.33. The molecule has 1 amide bonds. The van der Waals surface area contributed by atoms with Gasteiger partial charge in [0.05, 0.1) is 12.3 Å². The van der Waals surface area contributed by atoms with Crippen molar-refractivity contribution in [3.05, 3.63) is 70.6 Å². The lowest BCUT2D eigenvalue weighted by atomic mass is 10.1. The molecular weight excluding hydrogens is 380 g/mol. The van der Waals surface area contributed by atoms with E-state index in [0.29, 0.717) is 11.7 Å². The minimum atomic E-state index is -0.211. The second-order valence-corrected chi connectivity index (χ2v) is 8.06. The Balaban J connectivity index is 1.67. The van der Waals surface area contributed by atoms with Gasteiger partial charge in [-0.15, -0.1) is 11.3 Å². The maximum atomic E-state index is 12.4. The van der Waals surface area contributed by atoms with Gasteiger partial charge in [-0.2, -0.15) is 0 Å². The van der Waals surface area contributed by atoms with Gasteiger partial charge in [0.15, 0.2) is 5.13 Å². The van der Waals surface area contributed by atoms with Gasteiger partial charge >= 0.3 is 0 Å². The Morgan fingerprint density at radius 2 is 1.90 bits per heavy atom. The smallest absolute Gasteiger partial charge is 0.250 e. The minimum Gasteiger partial charge on any atom is -0.493 e. The Kier molecular flexibility index (Phi) is 7.19. The number of carbonyl (C=O) groups is 1. The van der Waals surface area contributed by atoms with Gasteiger partial charge in [-0.1, -0.05) is 61.4 Å². The maximum absolute atomic E-state index is 12.4. The molecule has 0 bridgehead atoms. The average molecular weight is 407 g/mol. The molecule has 0 saturated carbocycles. The Hall–Kier alpha value is -2.92. The number of aryl methyl sites for hydroxylation is 2. The van der Waals surface area contributed by atoms with Gasteiger partial charge in [-0.3, -0.25) is 10.1 Å². The predicted molar refractivity (Wildman–Crippen MR) is 122 cm³/mol. The molecule has 5 heteroatoms. The number of para-hydroxylation sites is 1. The standard InChI is InChI=1S/C24H26N2O2S/c1-4-5-16-28-21-9-7-6-8-19(21)14-15-22(27)25-24-26-23(18(3)29-24)20-12-10-17(2)11-13-20/h6-15H,4-5,16H2,1-3H3,(H,25,26,27). The average Bonchev–Trinajstić information content (AvgIpc) is 3.08. The molecule has 0 atom stereocenters. The molecule has 3 rings (SSSR count). The molecule has 0 aliphatic carbocycles. The number of aromatic nitrogens is 1. The highest BCUT2D eigenvalue weighted by Crippen LogP contribution is 2.30. The summed E-state index contributed by atoms with van der Waals surface area (Å²) >= 11 is 1.48. The molecule has 1 aromatic heterocycles. The molecule has 4 nitrogen and oxygen atoms in total. The number of benzene rings is 2. The summed E-state index contributed by atoms with van der Waals surface area (Å²) in [5, 5.41) is 3.46. The summed E-state index contributed by atoms with van der Waals surface area (Å²) < 4.78 is 5.81. The molecule has 0 radical (unpaired) electrons. The molecule has 2 aromatic carbocycles. The molecule has 1 heterocycles. The fraction of sp³-hybridized carbons (Fsp3) is 0.250. The molecule has 0 aliphatic rings. The SMILES string of the molecule is CCCCOc1ccccc1C=CC(=O)Nc1nc(-c2ccc(C)cc2)c(C)s1. The normalized spacial score (nSPS) is 11.0. The van der Waals surface area contributed by atoms with Crippen LogP contribution in [0.15, 0.2) is 54.6 Å². The van der Waals surface area contributed by atoms with E-state index in [1.165, 1.54) is 23.0 Å². The summed E-state index contributed by atoms with van der Waals surface area (Å²) in [5.74, 6) is 0.578. The van der Waals surface area contributed by atoms with Crippen LogP contribution in [0.1, 0.15) is 35.8 Å². The van der Waals surface area contributed by atoms with Crippen molar-refractivity contribution in [2.24, 2.45) is 0 Å². The first-order chi connectivity index (χ1) is 14.1. The lowest BCUT2D eigenvalue weighted by molar-refractivity contribution is -0.111. The number of amides is 1. The van der Waals surface area contributed by atoms with E-state index in [-0.39, 0.29) is 5.91 Å². The van der Waals surface area contributed by atoms with Crippen LogP contribution in [-0.2, 0) is 4.79 Å². The van der Waals surface area contributed by atoms with Crippen LogP contribution < -0.4 is 10.1 Å². The van der Waals surface area contributed by atoms with Gasteiger partial charge in [0.2, 0.25) is 5.91 Å². The van der Waals surface area contributed by atoms with Crippen molar-refractivity contribution in [1.29, 1.82) is 0 Å². The Morgan fingerprint density at radius 3 is 2.66 bits per heavy atom. The lowest BCUT2D eigenvalue weighted by Gasteiger charge is -2.08. The number of hydrogen-bond donors (Lipinski definition) is 1. The van der Waals surface area contributed by atoms with Crippen LogP contribution in [0.5, 0.6) is 5.75 Å². The van der Waals surface area contributed by atoms with Gasteiger partial charge in [-0.25, -0.2) is 4.98 Å². The molecule has 150 valence electrons. The zero-order valence-corrected chi connectivity index (χ0v) is 17.9. The highest BCUT2D eigenvalue weighted by Gasteiger charge is 2.11. The van der Waals surface area contributed by atoms with Crippen molar-refractivity contribution in [3.63, 3.8) is 0 Å². The van der Waals surface area contributed by atoms with Crippen molar-refractivity contribution in [1.82, 2.24) is 4.98 Å². The zero-order valence-electron chi connectivity index (χ0n) is 17.1. The number of thiazole rings is 1. The largest absolute Gasteiger partial charge is 0.493 e. The molecule has 29 heavy (non-hydrogen) atoms. The molecule has 0 saturated heterocycles. The number of ether oxygens (including phenoxy) is 1. The Morgan fingerprint density at radius 1 is 1.14 bits per heavy atom. The maximum Gasteiger partial charge on any atom is 0.250 e. The van der Waals surface area contributed by atoms with E-state index in [1.54, 1.807) is 6.08 Å². The highest BCUT2D eigenvalue weighted by molar-refractivity contribution is 7.16. The van der Waals surface area contributed by atoms with E-state index < -0.39 is 0 Å². The molecule has 1 N–H and O–H groups in total. The fourth-order valence-corrected chi connectivity index (χ4v) is 3.66. The van der Waals surface area contributed by atoms with Crippen LogP contribution in [-0.4, -0.2) is 17.5 Å². The predicted octanol–water partition coefficient (Wildman–Crippen LogP) is 6.26. The van der Waals surface area contributed by atoms with Crippen LogP contribution in [0.4, 0.5) is 5.13 Å². The monoisotopic (exact) mass is 406 g/mol. The number of nitrogens with zero attached hydrogens (tertiary/aromatic N) is 1. The van der Waals surface area contributed by atoms with Crippen LogP contribution in [0.2, 0.25) is 0 Å². The van der Waals surface area contributed by atoms with E-state index in [4.69, 9.17) is 4.74 Å². The quantitative estimate of drug-likeness (QED) is 0.355. The fourth-order valence-electron chi connectivity index (χ4n) is 2.82. The third-order valence-electron chi connectivity index (χ3n) is 4.44. The molecule has 0 unspecified atom stereocenters. The van der Waals surface area contributed by atoms with Gasteiger partial charge in [0, 0.05) is 22.1 Å². The van der Waals surface area contributed by atoms with Crippen molar-refractivity contribution in [3.8, 4) is 17.0 Å². The van der Waals surface area contributed by atoms with Gasteiger partial charge in [0.25, 0.3) is 0 Å². The van der Waals surface area contributed by atoms with Gasteiger partial charge < -0.3 is 4.74 Å². The number of carbonyl (C=O) groups excluding carboxylic acids is 1. The number of anilines is 1. The van der Waals surface area contributed by atoms with Crippen molar-refractivity contribution in [2.45, 2.75) is 33.6 Å². The van der Waals surface area contributed by atoms with Crippen molar-refractivity contribution < 1.29 is 9.53 Å². The molecule has 0 aliphatic heterocycles. The van der Waals surface area contributed by atoms with Crippen LogP contribution >= 0.6 is 11.3 Å². The summed E-state index contributed by atoms with van der Waals surface area (Å²) in [5.41, 5.74) is 4.05. The minimum absolute atomic E-state index is 0.211. The summed E-state index contributed by atoms with van der Waals surface area (Å²) in [4.78, 5) is 18.1. The summed E-state index contributed by atoms with van der Waals surface area (Å²) in [6, 6.07) is 16.0. The van der Waals surface area contributed by atoms with Crippen LogP contribution in [0, 0.1) is 13.8 Å². The molecule has 0 spiro atoms. The molecular formula is C24H26N2O2S. The van der Waals surface area contributed by atoms with Crippen LogP contribution in [0.3, 0.4) is 0 Å². The van der Waals surface area contributed by atoms with Crippen LogP contribution in [0.25, 0.3) is 17.3 Å². The number of nitrogens with one attached hydrogen (secondary N) is 1. The summed E-state index contributed by atoms with van der Waals surface area (Å²) in [7, 11) is 0. The molecule has 0 fully saturated rings. The van der Waals surface area contributed by atoms with Crippen molar-refractivity contribution >= 4 is 28.5 Å². The first-order valence-corrected chi connectivity index (χ1v) is 10.6. The second kappa shape index (κ2) is 10.0.